The molecule has 0 unspecified atom stereocenters. The molecule has 6 nitrogen and oxygen atoms in total. The van der Waals surface area contributed by atoms with Gasteiger partial charge in [-0.2, -0.15) is 5.26 Å². The van der Waals surface area contributed by atoms with Crippen LogP contribution in [0.1, 0.15) is 29.3 Å². The van der Waals surface area contributed by atoms with Crippen molar-refractivity contribution in [3.8, 4) is 6.07 Å². The van der Waals surface area contributed by atoms with Crippen LogP contribution in [0.5, 0.6) is 0 Å². The van der Waals surface area contributed by atoms with Crippen molar-refractivity contribution in [2.45, 2.75) is 31.3 Å². The van der Waals surface area contributed by atoms with Crippen LogP contribution in [0.25, 0.3) is 0 Å². The Balaban J connectivity index is 1.69. The average molecular weight is 347 g/mol. The number of thioether (sulfide) groups is 1. The summed E-state index contributed by atoms with van der Waals surface area (Å²) in [4.78, 5) is 13.4. The molecule has 0 aromatic carbocycles. The van der Waals surface area contributed by atoms with Gasteiger partial charge < -0.3 is 9.88 Å². The van der Waals surface area contributed by atoms with Gasteiger partial charge in [0, 0.05) is 11.9 Å². The Bertz CT molecular complexity index is 773. The second-order valence-electron chi connectivity index (χ2n) is 5.73. The molecule has 0 fully saturated rings. The summed E-state index contributed by atoms with van der Waals surface area (Å²) >= 11 is 2.88. The predicted octanol–water partition coefficient (Wildman–Crippen LogP) is 2.60. The highest BCUT2D eigenvalue weighted by Gasteiger charge is 2.24. The van der Waals surface area contributed by atoms with Crippen molar-refractivity contribution >= 4 is 34.0 Å². The molecule has 0 spiro atoms. The van der Waals surface area contributed by atoms with E-state index in [2.05, 4.69) is 28.5 Å². The number of anilines is 1. The molecule has 0 bridgehead atoms. The highest BCUT2D eigenvalue weighted by molar-refractivity contribution is 7.99. The Labute approximate surface area is 142 Å². The Hall–Kier alpha value is -1.85. The Kier molecular flexibility index (Phi) is 4.68. The number of amides is 1. The zero-order valence-corrected chi connectivity index (χ0v) is 14.6. The van der Waals surface area contributed by atoms with Crippen LogP contribution in [0.3, 0.4) is 0 Å². The first-order valence-electron chi connectivity index (χ1n) is 7.39. The molecule has 8 heteroatoms. The zero-order chi connectivity index (χ0) is 16.4. The quantitative estimate of drug-likeness (QED) is 0.860. The lowest BCUT2D eigenvalue weighted by atomic mass is 9.89. The number of aryl methyl sites for hydroxylation is 1. The van der Waals surface area contributed by atoms with Gasteiger partial charge in [0.2, 0.25) is 5.91 Å². The molecule has 0 saturated heterocycles. The maximum absolute atomic E-state index is 12.2. The van der Waals surface area contributed by atoms with Gasteiger partial charge in [0.1, 0.15) is 17.4 Å². The van der Waals surface area contributed by atoms with Crippen LogP contribution in [0, 0.1) is 17.2 Å². The lowest BCUT2D eigenvalue weighted by Gasteiger charge is -2.17. The molecule has 0 aliphatic heterocycles. The number of hydrogen-bond donors (Lipinski definition) is 1. The molecule has 0 radical (unpaired) electrons. The Morgan fingerprint density at radius 1 is 1.65 bits per heavy atom. The topological polar surface area (TPSA) is 83.6 Å². The molecular formula is C15H17N5OS2. The van der Waals surface area contributed by atoms with Crippen LogP contribution in [0.4, 0.5) is 5.00 Å². The molecule has 3 rings (SSSR count). The van der Waals surface area contributed by atoms with Crippen molar-refractivity contribution in [2.75, 3.05) is 11.1 Å². The smallest absolute Gasteiger partial charge is 0.235 e. The van der Waals surface area contributed by atoms with Gasteiger partial charge in [0.15, 0.2) is 5.16 Å². The predicted molar refractivity (Wildman–Crippen MR) is 90.6 cm³/mol. The third-order valence-electron chi connectivity index (χ3n) is 3.88. The van der Waals surface area contributed by atoms with E-state index in [-0.39, 0.29) is 11.7 Å². The minimum Gasteiger partial charge on any atom is -0.316 e. The maximum Gasteiger partial charge on any atom is 0.235 e. The minimum atomic E-state index is -0.124. The summed E-state index contributed by atoms with van der Waals surface area (Å²) in [6, 6.07) is 2.27. The van der Waals surface area contributed by atoms with E-state index in [0.29, 0.717) is 21.6 Å². The van der Waals surface area contributed by atoms with Crippen LogP contribution >= 0.6 is 23.1 Å². The summed E-state index contributed by atoms with van der Waals surface area (Å²) < 4.78 is 1.77. The van der Waals surface area contributed by atoms with E-state index in [9.17, 15) is 10.1 Å². The summed E-state index contributed by atoms with van der Waals surface area (Å²) in [5, 5.41) is 21.4. The fraction of sp³-hybridized carbons (Fsp3) is 0.467. The summed E-state index contributed by atoms with van der Waals surface area (Å²) in [5.74, 6) is 0.764. The SMILES string of the molecule is C[C@H]1CCc2c(sc(NC(=O)CSc3nncn3C)c2C#N)C1. The number of aromatic nitrogens is 3. The third-order valence-corrected chi connectivity index (χ3v) is 6.08. The highest BCUT2D eigenvalue weighted by atomic mass is 32.2. The van der Waals surface area contributed by atoms with Crippen molar-refractivity contribution < 1.29 is 4.79 Å². The van der Waals surface area contributed by atoms with Crippen LogP contribution in [-0.2, 0) is 24.7 Å². The molecule has 2 aromatic heterocycles. The number of nitriles is 1. The highest BCUT2D eigenvalue weighted by Crippen LogP contribution is 2.39. The maximum atomic E-state index is 12.2. The van der Waals surface area contributed by atoms with Crippen molar-refractivity contribution in [1.82, 2.24) is 14.8 Å². The van der Waals surface area contributed by atoms with Crippen molar-refractivity contribution in [2.24, 2.45) is 13.0 Å². The monoisotopic (exact) mass is 347 g/mol. The van der Waals surface area contributed by atoms with Gasteiger partial charge >= 0.3 is 0 Å². The Morgan fingerprint density at radius 2 is 2.48 bits per heavy atom. The number of carbonyl (C=O) groups excluding carboxylic acids is 1. The molecule has 0 saturated carbocycles. The van der Waals surface area contributed by atoms with Gasteiger partial charge in [0.25, 0.3) is 0 Å². The van der Waals surface area contributed by atoms with E-state index in [0.717, 1.165) is 24.8 Å². The van der Waals surface area contributed by atoms with Gasteiger partial charge in [-0.25, -0.2) is 0 Å². The van der Waals surface area contributed by atoms with Crippen LogP contribution in [0.2, 0.25) is 0 Å². The van der Waals surface area contributed by atoms with Crippen molar-refractivity contribution in [1.29, 1.82) is 5.26 Å². The van der Waals surface area contributed by atoms with Crippen LogP contribution in [-0.4, -0.2) is 26.4 Å². The molecule has 1 atom stereocenters. The van der Waals surface area contributed by atoms with E-state index in [1.165, 1.54) is 16.6 Å². The molecule has 120 valence electrons. The first-order chi connectivity index (χ1) is 11.1. The minimum absolute atomic E-state index is 0.124. The summed E-state index contributed by atoms with van der Waals surface area (Å²) in [6.45, 7) is 2.23. The molecule has 1 amide bonds. The molecule has 2 heterocycles. The lowest BCUT2D eigenvalue weighted by molar-refractivity contribution is -0.113. The molecule has 1 aliphatic rings. The number of thiophene rings is 1. The first-order valence-corrected chi connectivity index (χ1v) is 9.20. The standard InChI is InChI=1S/C15H17N5OS2/c1-9-3-4-10-11(6-16)14(23-12(10)5-9)18-13(21)7-22-15-19-17-8-20(15)2/h8-9H,3-5,7H2,1-2H3,(H,18,21)/t9-/m0/s1. The van der Waals surface area contributed by atoms with E-state index >= 15 is 0 Å². The lowest BCUT2D eigenvalue weighted by Crippen LogP contribution is -2.14. The van der Waals surface area contributed by atoms with E-state index in [4.69, 9.17) is 0 Å². The van der Waals surface area contributed by atoms with Gasteiger partial charge in [0.05, 0.1) is 11.3 Å². The Morgan fingerprint density at radius 3 is 3.17 bits per heavy atom. The fourth-order valence-electron chi connectivity index (χ4n) is 2.65. The molecule has 1 aliphatic carbocycles. The normalized spacial score (nSPS) is 16.7. The number of carbonyl (C=O) groups is 1. The second-order valence-corrected chi connectivity index (χ2v) is 7.78. The van der Waals surface area contributed by atoms with Gasteiger partial charge in [-0.05, 0) is 30.7 Å². The average Bonchev–Trinajstić information content (AvgIpc) is 3.07. The number of rotatable bonds is 4. The van der Waals surface area contributed by atoms with Crippen molar-refractivity contribution in [3.05, 3.63) is 22.3 Å². The number of hydrogen-bond acceptors (Lipinski definition) is 6. The van der Waals surface area contributed by atoms with E-state index < -0.39 is 0 Å². The number of fused-ring (bicyclic) bond motifs is 1. The van der Waals surface area contributed by atoms with Crippen LogP contribution < -0.4 is 5.32 Å². The first kappa shape index (κ1) is 16.0. The summed E-state index contributed by atoms with van der Waals surface area (Å²) in [6.07, 6.45) is 4.63. The second kappa shape index (κ2) is 6.72. The fourth-order valence-corrected chi connectivity index (χ4v) is 4.72. The summed E-state index contributed by atoms with van der Waals surface area (Å²) in [7, 11) is 1.84. The van der Waals surface area contributed by atoms with Gasteiger partial charge in [-0.15, -0.1) is 21.5 Å². The van der Waals surface area contributed by atoms with Gasteiger partial charge in [-0.1, -0.05) is 18.7 Å². The molecule has 2 aromatic rings. The third kappa shape index (κ3) is 3.41. The van der Waals surface area contributed by atoms with Crippen molar-refractivity contribution in [3.63, 3.8) is 0 Å². The number of nitrogens with zero attached hydrogens (tertiary/aromatic N) is 4. The largest absolute Gasteiger partial charge is 0.316 e. The molecule has 1 N–H and O–H groups in total. The summed E-state index contributed by atoms with van der Waals surface area (Å²) in [5.41, 5.74) is 1.78. The van der Waals surface area contributed by atoms with Gasteiger partial charge in [-0.3, -0.25) is 4.79 Å². The van der Waals surface area contributed by atoms with E-state index in [1.54, 1.807) is 22.2 Å². The molecule has 23 heavy (non-hydrogen) atoms. The molecular weight excluding hydrogens is 330 g/mol. The van der Waals surface area contributed by atoms with E-state index in [1.807, 2.05) is 7.05 Å². The van der Waals surface area contributed by atoms with Crippen LogP contribution in [0.15, 0.2) is 11.5 Å². The number of nitrogens with one attached hydrogen (secondary N) is 1. The zero-order valence-electron chi connectivity index (χ0n) is 13.0.